The molecule has 0 amide bonds. The number of benzene rings is 1. The number of carbonyl (C=O) groups excluding carboxylic acids is 1. The monoisotopic (exact) mass is 257 g/mol. The van der Waals surface area contributed by atoms with Crippen LogP contribution >= 0.6 is 11.8 Å². The lowest BCUT2D eigenvalue weighted by atomic mass is 9.92. The van der Waals surface area contributed by atoms with Crippen molar-refractivity contribution in [2.45, 2.75) is 24.5 Å². The number of hydrogen-bond acceptors (Lipinski definition) is 3. The fourth-order valence-electron chi connectivity index (χ4n) is 2.55. The molecule has 1 aliphatic rings. The molecule has 1 unspecified atom stereocenters. The lowest BCUT2D eigenvalue weighted by molar-refractivity contribution is 0.0950. The zero-order chi connectivity index (χ0) is 12.6. The molecule has 1 saturated heterocycles. The van der Waals surface area contributed by atoms with Gasteiger partial charge in [-0.15, -0.1) is 11.8 Å². The van der Waals surface area contributed by atoms with Crippen LogP contribution in [0.15, 0.2) is 36.7 Å². The first-order valence-corrected chi connectivity index (χ1v) is 7.21. The summed E-state index contributed by atoms with van der Waals surface area (Å²) >= 11 is 1.79. The van der Waals surface area contributed by atoms with Gasteiger partial charge in [0.15, 0.2) is 5.78 Å². The zero-order valence-electron chi connectivity index (χ0n) is 10.3. The van der Waals surface area contributed by atoms with E-state index in [2.05, 4.69) is 11.9 Å². The Morgan fingerprint density at radius 3 is 3.06 bits per heavy atom. The summed E-state index contributed by atoms with van der Waals surface area (Å²) in [6.45, 7) is 2.07. The van der Waals surface area contributed by atoms with Crippen LogP contribution in [0.3, 0.4) is 0 Å². The normalized spacial score (nSPS) is 23.4. The maximum atomic E-state index is 12.7. The van der Waals surface area contributed by atoms with E-state index in [1.165, 1.54) is 0 Å². The van der Waals surface area contributed by atoms with Crippen molar-refractivity contribution in [2.75, 3.05) is 5.75 Å². The molecular weight excluding hydrogens is 242 g/mol. The van der Waals surface area contributed by atoms with E-state index in [1.54, 1.807) is 24.2 Å². The fraction of sp³-hybridized carbons (Fsp3) is 0.333. The first kappa shape index (κ1) is 11.7. The maximum Gasteiger partial charge on any atom is 0.179 e. The van der Waals surface area contributed by atoms with Gasteiger partial charge < -0.3 is 0 Å². The molecule has 0 bridgehead atoms. The van der Waals surface area contributed by atoms with Gasteiger partial charge in [0.05, 0.1) is 4.75 Å². The van der Waals surface area contributed by atoms with Crippen LogP contribution in [0.5, 0.6) is 0 Å². The molecule has 1 atom stereocenters. The third kappa shape index (κ3) is 1.83. The van der Waals surface area contributed by atoms with Crippen LogP contribution in [0.2, 0.25) is 0 Å². The number of Topliss-reactive ketones (excluding diaryl/α,β-unsaturated/α-hetero) is 1. The average molecular weight is 257 g/mol. The first-order valence-electron chi connectivity index (χ1n) is 6.22. The topological polar surface area (TPSA) is 30.0 Å². The van der Waals surface area contributed by atoms with Crippen LogP contribution in [0, 0.1) is 0 Å². The Bertz CT molecular complexity index is 597. The number of pyridine rings is 1. The highest BCUT2D eigenvalue weighted by Gasteiger charge is 2.38. The number of aromatic nitrogens is 1. The van der Waals surface area contributed by atoms with Gasteiger partial charge in [0.1, 0.15) is 0 Å². The molecule has 18 heavy (non-hydrogen) atoms. The van der Waals surface area contributed by atoms with Crippen molar-refractivity contribution >= 4 is 28.3 Å². The maximum absolute atomic E-state index is 12.7. The predicted molar refractivity (Wildman–Crippen MR) is 76.2 cm³/mol. The van der Waals surface area contributed by atoms with E-state index in [4.69, 9.17) is 0 Å². The van der Waals surface area contributed by atoms with Crippen LogP contribution in [0.1, 0.15) is 30.1 Å². The fourth-order valence-corrected chi connectivity index (χ4v) is 3.82. The van der Waals surface area contributed by atoms with Gasteiger partial charge in [-0.3, -0.25) is 9.78 Å². The second kappa shape index (κ2) is 4.39. The van der Waals surface area contributed by atoms with Crippen molar-refractivity contribution in [2.24, 2.45) is 0 Å². The van der Waals surface area contributed by atoms with Gasteiger partial charge in [-0.25, -0.2) is 0 Å². The molecule has 1 aromatic carbocycles. The van der Waals surface area contributed by atoms with Gasteiger partial charge in [0, 0.05) is 23.3 Å². The van der Waals surface area contributed by atoms with Crippen molar-refractivity contribution in [1.29, 1.82) is 0 Å². The number of ketones is 1. The highest BCUT2D eigenvalue weighted by molar-refractivity contribution is 8.01. The van der Waals surface area contributed by atoms with Gasteiger partial charge in [0.25, 0.3) is 0 Å². The molecule has 0 spiro atoms. The SMILES string of the molecule is CC1(C(=O)c2cccc3ccncc23)CCCS1. The molecule has 0 aliphatic carbocycles. The summed E-state index contributed by atoms with van der Waals surface area (Å²) in [5.74, 6) is 1.34. The Morgan fingerprint density at radius 2 is 2.28 bits per heavy atom. The van der Waals surface area contributed by atoms with Crippen LogP contribution < -0.4 is 0 Å². The minimum absolute atomic E-state index is 0.246. The molecule has 2 nitrogen and oxygen atoms in total. The standard InChI is InChI=1S/C15H15NOS/c1-15(7-3-9-18-15)14(17)12-5-2-4-11-6-8-16-10-13(11)12/h2,4-6,8,10H,3,7,9H2,1H3. The van der Waals surface area contributed by atoms with E-state index in [0.29, 0.717) is 0 Å². The Balaban J connectivity index is 2.12. The minimum atomic E-state index is -0.246. The molecular formula is C15H15NOS. The third-order valence-electron chi connectivity index (χ3n) is 3.63. The van der Waals surface area contributed by atoms with Crippen molar-refractivity contribution in [3.8, 4) is 0 Å². The largest absolute Gasteiger partial charge is 0.293 e. The molecule has 3 heteroatoms. The van der Waals surface area contributed by atoms with Gasteiger partial charge in [-0.05, 0) is 37.0 Å². The number of fused-ring (bicyclic) bond motifs is 1. The van der Waals surface area contributed by atoms with Gasteiger partial charge >= 0.3 is 0 Å². The summed E-state index contributed by atoms with van der Waals surface area (Å²) in [6.07, 6.45) is 5.68. The Labute approximate surface area is 111 Å². The molecule has 1 aliphatic heterocycles. The van der Waals surface area contributed by atoms with E-state index >= 15 is 0 Å². The first-order chi connectivity index (χ1) is 8.71. The summed E-state index contributed by atoms with van der Waals surface area (Å²) < 4.78 is -0.246. The number of rotatable bonds is 2. The Kier molecular flexibility index (Phi) is 2.86. The molecule has 2 aromatic rings. The van der Waals surface area contributed by atoms with Crippen molar-refractivity contribution < 1.29 is 4.79 Å². The second-order valence-corrected chi connectivity index (χ2v) is 6.51. The molecule has 0 radical (unpaired) electrons. The van der Waals surface area contributed by atoms with Crippen molar-refractivity contribution in [1.82, 2.24) is 4.98 Å². The quantitative estimate of drug-likeness (QED) is 0.768. The summed E-state index contributed by atoms with van der Waals surface area (Å²) in [5, 5.41) is 2.06. The lowest BCUT2D eigenvalue weighted by Gasteiger charge is -2.21. The molecule has 92 valence electrons. The van der Waals surface area contributed by atoms with Crippen LogP contribution in [0.4, 0.5) is 0 Å². The Hall–Kier alpha value is -1.35. The van der Waals surface area contributed by atoms with Gasteiger partial charge in [-0.2, -0.15) is 0 Å². The van der Waals surface area contributed by atoms with Crippen LogP contribution in [-0.2, 0) is 0 Å². The van der Waals surface area contributed by atoms with E-state index < -0.39 is 0 Å². The molecule has 0 N–H and O–H groups in total. The van der Waals surface area contributed by atoms with Crippen molar-refractivity contribution in [3.05, 3.63) is 42.2 Å². The van der Waals surface area contributed by atoms with E-state index in [1.807, 2.05) is 24.3 Å². The highest BCUT2D eigenvalue weighted by atomic mass is 32.2. The van der Waals surface area contributed by atoms with Crippen LogP contribution in [-0.4, -0.2) is 21.3 Å². The highest BCUT2D eigenvalue weighted by Crippen LogP contribution is 2.41. The number of carbonyl (C=O) groups is 1. The average Bonchev–Trinajstić information content (AvgIpc) is 2.85. The van der Waals surface area contributed by atoms with E-state index in [9.17, 15) is 4.79 Å². The Morgan fingerprint density at radius 1 is 1.39 bits per heavy atom. The smallest absolute Gasteiger partial charge is 0.179 e. The predicted octanol–water partition coefficient (Wildman–Crippen LogP) is 3.70. The number of thioether (sulfide) groups is 1. The van der Waals surface area contributed by atoms with Crippen molar-refractivity contribution in [3.63, 3.8) is 0 Å². The minimum Gasteiger partial charge on any atom is -0.293 e. The molecule has 3 rings (SSSR count). The van der Waals surface area contributed by atoms with E-state index in [-0.39, 0.29) is 10.5 Å². The number of nitrogens with zero attached hydrogens (tertiary/aromatic N) is 1. The zero-order valence-corrected chi connectivity index (χ0v) is 11.2. The van der Waals surface area contributed by atoms with Crippen LogP contribution in [0.25, 0.3) is 10.8 Å². The lowest BCUT2D eigenvalue weighted by Crippen LogP contribution is -2.28. The number of hydrogen-bond donors (Lipinski definition) is 0. The summed E-state index contributed by atoms with van der Waals surface area (Å²) in [6, 6.07) is 7.86. The van der Waals surface area contributed by atoms with Gasteiger partial charge in [-0.1, -0.05) is 18.2 Å². The summed E-state index contributed by atoms with van der Waals surface area (Å²) in [5.41, 5.74) is 0.817. The van der Waals surface area contributed by atoms with Gasteiger partial charge in [0.2, 0.25) is 0 Å². The third-order valence-corrected chi connectivity index (χ3v) is 5.15. The summed E-state index contributed by atoms with van der Waals surface area (Å²) in [7, 11) is 0. The molecule has 1 fully saturated rings. The van der Waals surface area contributed by atoms with E-state index in [0.717, 1.165) is 34.9 Å². The second-order valence-electron chi connectivity index (χ2n) is 4.91. The molecule has 0 saturated carbocycles. The summed E-state index contributed by atoms with van der Waals surface area (Å²) in [4.78, 5) is 16.9. The molecule has 2 heterocycles. The molecule has 1 aromatic heterocycles.